The van der Waals surface area contributed by atoms with E-state index in [-0.39, 0.29) is 11.3 Å². The summed E-state index contributed by atoms with van der Waals surface area (Å²) in [6.45, 7) is 3.06. The van der Waals surface area contributed by atoms with Gasteiger partial charge in [0.05, 0.1) is 18.7 Å². The lowest BCUT2D eigenvalue weighted by molar-refractivity contribution is -0.139. The van der Waals surface area contributed by atoms with E-state index < -0.39 is 17.7 Å². The summed E-state index contributed by atoms with van der Waals surface area (Å²) in [7, 11) is 5.51. The average Bonchev–Trinajstić information content (AvgIpc) is 2.98. The number of carbonyl (C=O) groups excluding carboxylic acids is 2. The Balaban J connectivity index is 2.09. The molecule has 30 heavy (non-hydrogen) atoms. The minimum Gasteiger partial charge on any atom is -0.507 e. The molecule has 1 aliphatic heterocycles. The highest BCUT2D eigenvalue weighted by Gasteiger charge is 2.45. The zero-order chi connectivity index (χ0) is 21.8. The third-order valence-corrected chi connectivity index (χ3v) is 5.35. The normalized spacial score (nSPS) is 18.3. The van der Waals surface area contributed by atoms with Crippen molar-refractivity contribution in [2.24, 2.45) is 0 Å². The number of ketones is 1. The Bertz CT molecular complexity index is 966. The molecule has 0 spiro atoms. The molecule has 0 bridgehead atoms. The van der Waals surface area contributed by atoms with Crippen molar-refractivity contribution >= 4 is 17.4 Å². The fraction of sp³-hybridized carbons (Fsp3) is 0.333. The molecule has 158 valence electrons. The molecule has 1 aliphatic rings. The van der Waals surface area contributed by atoms with E-state index in [9.17, 15) is 14.7 Å². The summed E-state index contributed by atoms with van der Waals surface area (Å²) in [5.74, 6) is -0.720. The molecule has 2 aromatic carbocycles. The van der Waals surface area contributed by atoms with Crippen molar-refractivity contribution in [2.45, 2.75) is 19.4 Å². The van der Waals surface area contributed by atoms with Gasteiger partial charge in [-0.15, -0.1) is 0 Å². The van der Waals surface area contributed by atoms with Gasteiger partial charge in [0.1, 0.15) is 11.5 Å². The number of likely N-dealkylation sites (tertiary alicyclic amines) is 1. The zero-order valence-electron chi connectivity index (χ0n) is 17.9. The number of aliphatic hydroxyl groups excluding tert-OH is 1. The highest BCUT2D eigenvalue weighted by atomic mass is 16.5. The molecule has 6 heteroatoms. The van der Waals surface area contributed by atoms with Crippen molar-refractivity contribution in [1.82, 2.24) is 9.80 Å². The first kappa shape index (κ1) is 21.6. The molecular weight excluding hydrogens is 380 g/mol. The first-order valence-electron chi connectivity index (χ1n) is 9.98. The van der Waals surface area contributed by atoms with Gasteiger partial charge in [0.15, 0.2) is 0 Å². The van der Waals surface area contributed by atoms with Gasteiger partial charge >= 0.3 is 0 Å². The molecular formula is C24H28N2O4. The van der Waals surface area contributed by atoms with Gasteiger partial charge in [-0.05, 0) is 63.3 Å². The molecule has 1 atom stereocenters. The maximum Gasteiger partial charge on any atom is 0.295 e. The number of ether oxygens (including phenoxy) is 1. The van der Waals surface area contributed by atoms with Crippen molar-refractivity contribution in [3.05, 3.63) is 70.8 Å². The van der Waals surface area contributed by atoms with Gasteiger partial charge in [-0.3, -0.25) is 9.59 Å². The maximum absolute atomic E-state index is 13.0. The van der Waals surface area contributed by atoms with Gasteiger partial charge < -0.3 is 19.6 Å². The molecule has 3 rings (SSSR count). The van der Waals surface area contributed by atoms with Crippen LogP contribution < -0.4 is 4.74 Å². The Morgan fingerprint density at radius 1 is 1.13 bits per heavy atom. The second-order valence-electron chi connectivity index (χ2n) is 7.74. The number of amides is 1. The quantitative estimate of drug-likeness (QED) is 0.432. The molecule has 0 saturated carbocycles. The topological polar surface area (TPSA) is 70.1 Å². The number of nitrogens with zero attached hydrogens (tertiary/aromatic N) is 2. The van der Waals surface area contributed by atoms with E-state index in [1.54, 1.807) is 30.2 Å². The van der Waals surface area contributed by atoms with E-state index in [4.69, 9.17) is 4.74 Å². The highest BCUT2D eigenvalue weighted by molar-refractivity contribution is 6.46. The maximum atomic E-state index is 13.0. The third-order valence-electron chi connectivity index (χ3n) is 5.35. The highest BCUT2D eigenvalue weighted by Crippen LogP contribution is 2.40. The lowest BCUT2D eigenvalue weighted by atomic mass is 9.94. The second-order valence-corrected chi connectivity index (χ2v) is 7.74. The number of benzene rings is 2. The summed E-state index contributed by atoms with van der Waals surface area (Å²) in [5, 5.41) is 11.1. The Morgan fingerprint density at radius 2 is 1.83 bits per heavy atom. The lowest BCUT2D eigenvalue weighted by Crippen LogP contribution is -2.32. The van der Waals surface area contributed by atoms with E-state index in [0.717, 1.165) is 24.1 Å². The fourth-order valence-corrected chi connectivity index (χ4v) is 3.82. The molecule has 1 unspecified atom stereocenters. The minimum atomic E-state index is -0.651. The van der Waals surface area contributed by atoms with Crippen molar-refractivity contribution in [1.29, 1.82) is 0 Å². The molecule has 2 aromatic rings. The standard InChI is InChI=1S/C24H28N2O4/c1-16-15-18(30-4)11-12-19(16)22(27)20-21(17-9-6-5-7-10-17)26(24(29)23(20)28)14-8-13-25(2)3/h5-7,9-12,15,21,27H,8,13-14H2,1-4H3/b22-20+. The Hall–Kier alpha value is -3.12. The first-order valence-corrected chi connectivity index (χ1v) is 9.98. The molecule has 1 heterocycles. The zero-order valence-corrected chi connectivity index (χ0v) is 17.9. The van der Waals surface area contributed by atoms with Crippen LogP contribution in [0.5, 0.6) is 5.75 Å². The van der Waals surface area contributed by atoms with Crippen LogP contribution in [0.3, 0.4) is 0 Å². The molecule has 1 N–H and O–H groups in total. The van der Waals surface area contributed by atoms with Gasteiger partial charge in [0.2, 0.25) is 0 Å². The summed E-state index contributed by atoms with van der Waals surface area (Å²) in [4.78, 5) is 29.5. The molecule has 0 aliphatic carbocycles. The van der Waals surface area contributed by atoms with Crippen LogP contribution in [-0.2, 0) is 9.59 Å². The monoisotopic (exact) mass is 408 g/mol. The number of hydrogen-bond acceptors (Lipinski definition) is 5. The van der Waals surface area contributed by atoms with Gasteiger partial charge in [-0.2, -0.15) is 0 Å². The predicted molar refractivity (Wildman–Crippen MR) is 116 cm³/mol. The lowest BCUT2D eigenvalue weighted by Gasteiger charge is -2.26. The number of Topliss-reactive ketones (excluding diaryl/α,β-unsaturated/α-hetero) is 1. The number of carbonyl (C=O) groups is 2. The van der Waals surface area contributed by atoms with E-state index in [2.05, 4.69) is 0 Å². The largest absolute Gasteiger partial charge is 0.507 e. The number of methoxy groups -OCH3 is 1. The first-order chi connectivity index (χ1) is 14.3. The van der Waals surface area contributed by atoms with Crippen LogP contribution in [0, 0.1) is 6.92 Å². The Kier molecular flexibility index (Phi) is 6.57. The fourth-order valence-electron chi connectivity index (χ4n) is 3.82. The van der Waals surface area contributed by atoms with Gasteiger partial charge in [0.25, 0.3) is 11.7 Å². The molecule has 1 saturated heterocycles. The van der Waals surface area contributed by atoms with E-state index in [1.807, 2.05) is 56.3 Å². The number of hydrogen-bond donors (Lipinski definition) is 1. The van der Waals surface area contributed by atoms with Crippen molar-refractivity contribution in [2.75, 3.05) is 34.3 Å². The molecule has 6 nitrogen and oxygen atoms in total. The van der Waals surface area contributed by atoms with Crippen LogP contribution in [0.15, 0.2) is 54.1 Å². The van der Waals surface area contributed by atoms with Gasteiger partial charge in [-0.1, -0.05) is 30.3 Å². The van der Waals surface area contributed by atoms with Crippen LogP contribution >= 0.6 is 0 Å². The summed E-state index contributed by atoms with van der Waals surface area (Å²) in [6.07, 6.45) is 0.727. The average molecular weight is 408 g/mol. The van der Waals surface area contributed by atoms with E-state index in [1.165, 1.54) is 0 Å². The third kappa shape index (κ3) is 4.24. The summed E-state index contributed by atoms with van der Waals surface area (Å²) in [5.41, 5.74) is 2.21. The summed E-state index contributed by atoms with van der Waals surface area (Å²) in [6, 6.07) is 14.0. The predicted octanol–water partition coefficient (Wildman–Crippen LogP) is 3.38. The van der Waals surface area contributed by atoms with Crippen LogP contribution in [0.2, 0.25) is 0 Å². The van der Waals surface area contributed by atoms with Gasteiger partial charge in [-0.25, -0.2) is 0 Å². The Morgan fingerprint density at radius 3 is 2.43 bits per heavy atom. The molecule has 1 fully saturated rings. The SMILES string of the molecule is COc1ccc(/C(O)=C2\C(=O)C(=O)N(CCCN(C)C)C2c2ccccc2)c(C)c1. The number of aliphatic hydroxyl groups is 1. The minimum absolute atomic E-state index is 0.129. The van der Waals surface area contributed by atoms with Crippen LogP contribution in [0.4, 0.5) is 0 Å². The Labute approximate surface area is 177 Å². The molecule has 1 amide bonds. The van der Waals surface area contributed by atoms with E-state index >= 15 is 0 Å². The van der Waals surface area contributed by atoms with Gasteiger partial charge in [0, 0.05) is 12.1 Å². The summed E-state index contributed by atoms with van der Waals surface area (Å²) >= 11 is 0. The second kappa shape index (κ2) is 9.13. The number of aryl methyl sites for hydroxylation is 1. The van der Waals surface area contributed by atoms with Crippen molar-refractivity contribution < 1.29 is 19.4 Å². The molecule has 0 aromatic heterocycles. The van der Waals surface area contributed by atoms with Crippen molar-refractivity contribution in [3.63, 3.8) is 0 Å². The van der Waals surface area contributed by atoms with Crippen molar-refractivity contribution in [3.8, 4) is 5.75 Å². The molecule has 0 radical (unpaired) electrons. The number of rotatable bonds is 7. The summed E-state index contributed by atoms with van der Waals surface area (Å²) < 4.78 is 5.23. The van der Waals surface area contributed by atoms with Crippen LogP contribution in [0.1, 0.15) is 29.2 Å². The smallest absolute Gasteiger partial charge is 0.295 e. The van der Waals surface area contributed by atoms with Crippen LogP contribution in [0.25, 0.3) is 5.76 Å². The van der Waals surface area contributed by atoms with E-state index in [0.29, 0.717) is 17.9 Å². The van der Waals surface area contributed by atoms with Crippen LogP contribution in [-0.4, -0.2) is 60.9 Å².